The first-order chi connectivity index (χ1) is 20.0. The van der Waals surface area contributed by atoms with Gasteiger partial charge in [0.05, 0.1) is 18.2 Å². The third kappa shape index (κ3) is 8.08. The molecule has 2 saturated heterocycles. The number of nitrogens with one attached hydrogen (secondary N) is 2. The molecule has 2 aliphatic heterocycles. The van der Waals surface area contributed by atoms with Crippen molar-refractivity contribution in [3.63, 3.8) is 0 Å². The van der Waals surface area contributed by atoms with Crippen LogP contribution in [-0.4, -0.2) is 93.2 Å². The first-order valence-electron chi connectivity index (χ1n) is 13.9. The van der Waals surface area contributed by atoms with Gasteiger partial charge in [0.15, 0.2) is 0 Å². The maximum absolute atomic E-state index is 13.9. The lowest BCUT2D eigenvalue weighted by molar-refractivity contribution is -0.146. The van der Waals surface area contributed by atoms with Gasteiger partial charge in [-0.05, 0) is 48.4 Å². The number of nitrogens with zero attached hydrogens (tertiary/aromatic N) is 3. The number of hydrogen-bond acceptors (Lipinski definition) is 6. The van der Waals surface area contributed by atoms with Gasteiger partial charge in [0.25, 0.3) is 0 Å². The van der Waals surface area contributed by atoms with Gasteiger partial charge in [0.1, 0.15) is 6.04 Å². The van der Waals surface area contributed by atoms with Gasteiger partial charge in [0.2, 0.25) is 11.8 Å². The number of rotatable bonds is 10. The molecule has 0 saturated carbocycles. The molecule has 4 rings (SSSR count). The molecule has 2 heterocycles. The molecule has 2 aromatic carbocycles. The topological polar surface area (TPSA) is 77.2 Å². The molecule has 230 valence electrons. The van der Waals surface area contributed by atoms with Crippen molar-refractivity contribution in [3.8, 4) is 0 Å². The predicted molar refractivity (Wildman–Crippen MR) is 157 cm³/mol. The third-order valence-corrected chi connectivity index (χ3v) is 8.29. The number of benzene rings is 2. The molecule has 0 spiro atoms. The quantitative estimate of drug-likeness (QED) is 0.416. The Bertz CT molecular complexity index is 1260. The minimum absolute atomic E-state index is 0.0907. The molecule has 2 unspecified atom stereocenters. The Balaban J connectivity index is 1.50. The Labute approximate surface area is 254 Å². The first-order valence-corrected chi connectivity index (χ1v) is 14.6. The minimum Gasteiger partial charge on any atom is -0.380 e. The summed E-state index contributed by atoms with van der Waals surface area (Å²) in [5, 5.41) is 7.12. The fourth-order valence-electron chi connectivity index (χ4n) is 5.26. The van der Waals surface area contributed by atoms with Crippen molar-refractivity contribution in [2.45, 2.75) is 38.2 Å². The lowest BCUT2D eigenvalue weighted by Gasteiger charge is -2.41. The highest BCUT2D eigenvalue weighted by Crippen LogP contribution is 2.33. The Hall–Kier alpha value is -2.57. The Morgan fingerprint density at radius 1 is 1.07 bits per heavy atom. The van der Waals surface area contributed by atoms with Crippen molar-refractivity contribution in [3.05, 3.63) is 63.1 Å². The molecule has 0 bridgehead atoms. The van der Waals surface area contributed by atoms with E-state index in [0.717, 1.165) is 6.07 Å². The number of methoxy groups -OCH3 is 1. The summed E-state index contributed by atoms with van der Waals surface area (Å²) >= 11 is 12.5. The monoisotopic (exact) mass is 629 g/mol. The van der Waals surface area contributed by atoms with E-state index in [1.54, 1.807) is 35.1 Å². The molecular weight excluding hydrogens is 594 g/mol. The second-order valence-corrected chi connectivity index (χ2v) is 11.4. The van der Waals surface area contributed by atoms with Crippen LogP contribution < -0.4 is 15.5 Å². The summed E-state index contributed by atoms with van der Waals surface area (Å²) in [4.78, 5) is 32.0. The molecule has 0 aromatic heterocycles. The van der Waals surface area contributed by atoms with Gasteiger partial charge in [-0.15, -0.1) is 0 Å². The molecular formula is C29H36Cl2F3N5O3. The number of halogens is 5. The van der Waals surface area contributed by atoms with Gasteiger partial charge in [-0.2, -0.15) is 13.2 Å². The van der Waals surface area contributed by atoms with Gasteiger partial charge in [-0.3, -0.25) is 9.59 Å². The number of amides is 2. The number of piperazine rings is 2. The number of ether oxygens (including phenoxy) is 1. The summed E-state index contributed by atoms with van der Waals surface area (Å²) in [6.45, 7) is 5.30. The van der Waals surface area contributed by atoms with E-state index in [4.69, 9.17) is 27.9 Å². The molecule has 2 N–H and O–H groups in total. The van der Waals surface area contributed by atoms with E-state index in [-0.39, 0.29) is 37.4 Å². The molecule has 2 atom stereocenters. The number of hydrogen-bond donors (Lipinski definition) is 2. The fourth-order valence-corrected chi connectivity index (χ4v) is 5.75. The van der Waals surface area contributed by atoms with E-state index in [2.05, 4.69) is 10.6 Å². The van der Waals surface area contributed by atoms with Gasteiger partial charge < -0.3 is 30.1 Å². The zero-order chi connectivity index (χ0) is 30.4. The van der Waals surface area contributed by atoms with Crippen LogP contribution in [0, 0.1) is 0 Å². The minimum atomic E-state index is -4.46. The van der Waals surface area contributed by atoms with E-state index in [1.807, 2.05) is 11.8 Å². The molecule has 2 fully saturated rings. The fraction of sp³-hybridized carbons (Fsp3) is 0.517. The summed E-state index contributed by atoms with van der Waals surface area (Å²) in [7, 11) is 1.58. The number of carbonyl (C=O) groups is 2. The van der Waals surface area contributed by atoms with Crippen LogP contribution in [-0.2, 0) is 33.5 Å². The number of carbonyl (C=O) groups excluding carboxylic acids is 2. The highest BCUT2D eigenvalue weighted by molar-refractivity contribution is 6.35. The second-order valence-electron chi connectivity index (χ2n) is 10.6. The number of anilines is 1. The van der Waals surface area contributed by atoms with Crippen molar-refractivity contribution < 1.29 is 27.5 Å². The predicted octanol–water partition coefficient (Wildman–Crippen LogP) is 3.83. The van der Waals surface area contributed by atoms with Gasteiger partial charge in [-0.25, -0.2) is 0 Å². The van der Waals surface area contributed by atoms with Crippen molar-refractivity contribution >= 4 is 40.7 Å². The summed E-state index contributed by atoms with van der Waals surface area (Å²) in [5.74, 6) is -0.341. The molecule has 0 aliphatic carbocycles. The van der Waals surface area contributed by atoms with E-state index in [0.29, 0.717) is 72.7 Å². The highest BCUT2D eigenvalue weighted by Gasteiger charge is 2.36. The SMILES string of the molecule is COC(C)CNCc1cc(C(F)(F)F)ccc1N1CCN(C(=O)C(Cc2ccc(Cl)cc2Cl)N2CCNCC2=O)CC1. The highest BCUT2D eigenvalue weighted by atomic mass is 35.5. The van der Waals surface area contributed by atoms with Crippen LogP contribution in [0.4, 0.5) is 18.9 Å². The maximum atomic E-state index is 13.9. The van der Waals surface area contributed by atoms with Crippen LogP contribution in [0.2, 0.25) is 10.0 Å². The summed E-state index contributed by atoms with van der Waals surface area (Å²) < 4.78 is 45.7. The smallest absolute Gasteiger partial charge is 0.380 e. The van der Waals surface area contributed by atoms with E-state index in [9.17, 15) is 22.8 Å². The zero-order valence-corrected chi connectivity index (χ0v) is 25.2. The van der Waals surface area contributed by atoms with Crippen LogP contribution in [0.1, 0.15) is 23.6 Å². The van der Waals surface area contributed by atoms with Crippen molar-refractivity contribution in [1.82, 2.24) is 20.4 Å². The maximum Gasteiger partial charge on any atom is 0.416 e. The zero-order valence-electron chi connectivity index (χ0n) is 23.6. The van der Waals surface area contributed by atoms with Crippen molar-refractivity contribution in [1.29, 1.82) is 0 Å². The Morgan fingerprint density at radius 3 is 2.45 bits per heavy atom. The Morgan fingerprint density at radius 2 is 1.81 bits per heavy atom. The van der Waals surface area contributed by atoms with Crippen LogP contribution in [0.5, 0.6) is 0 Å². The van der Waals surface area contributed by atoms with Crippen molar-refractivity contribution in [2.24, 2.45) is 0 Å². The molecule has 42 heavy (non-hydrogen) atoms. The van der Waals surface area contributed by atoms with E-state index < -0.39 is 17.8 Å². The summed E-state index contributed by atoms with van der Waals surface area (Å²) in [5.41, 5.74) is 1.22. The average Bonchev–Trinajstić information content (AvgIpc) is 2.96. The Kier molecular flexibility index (Phi) is 11.0. The molecule has 2 aliphatic rings. The molecule has 13 heteroatoms. The largest absolute Gasteiger partial charge is 0.416 e. The van der Waals surface area contributed by atoms with Gasteiger partial charge >= 0.3 is 6.18 Å². The normalized spacial score (nSPS) is 17.9. The third-order valence-electron chi connectivity index (χ3n) is 7.70. The number of alkyl halides is 3. The van der Waals surface area contributed by atoms with Crippen LogP contribution in [0.25, 0.3) is 0 Å². The van der Waals surface area contributed by atoms with Crippen LogP contribution >= 0.6 is 23.2 Å². The summed E-state index contributed by atoms with van der Waals surface area (Å²) in [6, 6.07) is 8.12. The van der Waals surface area contributed by atoms with Gasteiger partial charge in [-0.1, -0.05) is 29.3 Å². The second kappa shape index (κ2) is 14.3. The molecule has 0 radical (unpaired) electrons. The average molecular weight is 631 g/mol. The lowest BCUT2D eigenvalue weighted by atomic mass is 10.0. The summed E-state index contributed by atoms with van der Waals surface area (Å²) in [6.07, 6.45) is -4.30. The van der Waals surface area contributed by atoms with Crippen LogP contribution in [0.15, 0.2) is 36.4 Å². The first kappa shape index (κ1) is 32.3. The van der Waals surface area contributed by atoms with Gasteiger partial charge in [0, 0.05) is 81.6 Å². The lowest BCUT2D eigenvalue weighted by Crippen LogP contribution is -2.60. The molecule has 2 aromatic rings. The van der Waals surface area contributed by atoms with E-state index in [1.165, 1.54) is 12.1 Å². The standard InChI is InChI=1S/C29H36Cl2F3N5O3/c1-19(42-2)16-36-17-21-13-22(29(32,33)34)4-6-25(21)37-9-11-38(12-10-37)28(41)26(39-8-7-35-18-27(39)40)14-20-3-5-23(30)15-24(20)31/h3-6,13,15,19,26,35-36H,7-12,14,16-18H2,1-2H3. The molecule has 2 amide bonds. The van der Waals surface area contributed by atoms with Crippen LogP contribution in [0.3, 0.4) is 0 Å². The van der Waals surface area contributed by atoms with E-state index >= 15 is 0 Å². The molecule has 8 nitrogen and oxygen atoms in total. The van der Waals surface area contributed by atoms with Crippen molar-refractivity contribution in [2.75, 3.05) is 64.4 Å².